The van der Waals surface area contributed by atoms with E-state index < -0.39 is 0 Å². The predicted octanol–water partition coefficient (Wildman–Crippen LogP) is 0.445. The maximum absolute atomic E-state index is 11.5. The fraction of sp³-hybridized carbons (Fsp3) is 0.444. The van der Waals surface area contributed by atoms with Crippen LogP contribution < -0.4 is 11.1 Å². The lowest BCUT2D eigenvalue weighted by Crippen LogP contribution is -2.28. The van der Waals surface area contributed by atoms with Crippen LogP contribution in [0.5, 0.6) is 0 Å². The van der Waals surface area contributed by atoms with Gasteiger partial charge in [0.15, 0.2) is 0 Å². The van der Waals surface area contributed by atoms with E-state index >= 15 is 0 Å². The highest BCUT2D eigenvalue weighted by Gasteiger charge is 2.10. The van der Waals surface area contributed by atoms with Gasteiger partial charge in [-0.25, -0.2) is 9.97 Å². The molecule has 5 nitrogen and oxygen atoms in total. The van der Waals surface area contributed by atoms with Gasteiger partial charge in [-0.15, -0.1) is 0 Å². The number of carbonyl (C=O) groups is 1. The van der Waals surface area contributed by atoms with Crippen molar-refractivity contribution >= 4 is 11.7 Å². The van der Waals surface area contributed by atoms with Crippen LogP contribution in [0, 0.1) is 5.92 Å². The summed E-state index contributed by atoms with van der Waals surface area (Å²) in [5, 5.41) is 2.74. The number of hydrogen-bond donors (Lipinski definition) is 2. The summed E-state index contributed by atoms with van der Waals surface area (Å²) >= 11 is 0. The predicted molar refractivity (Wildman–Crippen MR) is 53.6 cm³/mol. The Bertz CT molecular complexity index is 324. The molecule has 1 amide bonds. The standard InChI is InChI=1S/C9H14N4O/c1-6(2)3-12-9(14)7-4-11-5-13-8(7)10/h4-6H,3H2,1-2H3,(H,12,14)(H2,10,11,13). The van der Waals surface area contributed by atoms with E-state index in [1.807, 2.05) is 13.8 Å². The maximum Gasteiger partial charge on any atom is 0.256 e. The molecular formula is C9H14N4O. The van der Waals surface area contributed by atoms with E-state index in [2.05, 4.69) is 15.3 Å². The van der Waals surface area contributed by atoms with Crippen LogP contribution in [0.15, 0.2) is 12.5 Å². The largest absolute Gasteiger partial charge is 0.383 e. The number of hydrogen-bond acceptors (Lipinski definition) is 4. The topological polar surface area (TPSA) is 80.9 Å². The molecule has 0 spiro atoms. The summed E-state index contributed by atoms with van der Waals surface area (Å²) < 4.78 is 0. The Kier molecular flexibility index (Phi) is 3.39. The highest BCUT2D eigenvalue weighted by Crippen LogP contribution is 2.04. The Morgan fingerprint density at radius 1 is 1.64 bits per heavy atom. The van der Waals surface area contributed by atoms with Crippen LogP contribution in [-0.2, 0) is 0 Å². The van der Waals surface area contributed by atoms with Gasteiger partial charge in [-0.2, -0.15) is 0 Å². The number of rotatable bonds is 3. The fourth-order valence-corrected chi connectivity index (χ4v) is 0.906. The summed E-state index contributed by atoms with van der Waals surface area (Å²) in [6.45, 7) is 4.66. The summed E-state index contributed by atoms with van der Waals surface area (Å²) in [4.78, 5) is 19.0. The highest BCUT2D eigenvalue weighted by atomic mass is 16.1. The van der Waals surface area contributed by atoms with E-state index in [1.165, 1.54) is 12.5 Å². The molecule has 0 radical (unpaired) electrons. The van der Waals surface area contributed by atoms with Crippen LogP contribution >= 0.6 is 0 Å². The van der Waals surface area contributed by atoms with Crippen molar-refractivity contribution in [3.8, 4) is 0 Å². The van der Waals surface area contributed by atoms with Gasteiger partial charge in [-0.3, -0.25) is 4.79 Å². The first-order valence-electron chi connectivity index (χ1n) is 4.45. The highest BCUT2D eigenvalue weighted by molar-refractivity contribution is 5.97. The van der Waals surface area contributed by atoms with Gasteiger partial charge < -0.3 is 11.1 Å². The molecule has 1 aromatic heterocycles. The maximum atomic E-state index is 11.5. The quantitative estimate of drug-likeness (QED) is 0.731. The van der Waals surface area contributed by atoms with Gasteiger partial charge in [0.25, 0.3) is 5.91 Å². The first-order valence-corrected chi connectivity index (χ1v) is 4.45. The molecule has 0 bridgehead atoms. The third-order valence-electron chi connectivity index (χ3n) is 1.66. The van der Waals surface area contributed by atoms with Crippen molar-refractivity contribution in [3.63, 3.8) is 0 Å². The summed E-state index contributed by atoms with van der Waals surface area (Å²) in [6, 6.07) is 0. The van der Waals surface area contributed by atoms with Crippen LogP contribution in [-0.4, -0.2) is 22.4 Å². The van der Waals surface area contributed by atoms with Crippen LogP contribution in [0.25, 0.3) is 0 Å². The van der Waals surface area contributed by atoms with Gasteiger partial charge in [-0.05, 0) is 5.92 Å². The second kappa shape index (κ2) is 4.55. The van der Waals surface area contributed by atoms with Gasteiger partial charge in [0, 0.05) is 12.7 Å². The summed E-state index contributed by atoms with van der Waals surface area (Å²) in [7, 11) is 0. The minimum Gasteiger partial charge on any atom is -0.383 e. The summed E-state index contributed by atoms with van der Waals surface area (Å²) in [5.41, 5.74) is 5.84. The molecule has 14 heavy (non-hydrogen) atoms. The van der Waals surface area contributed by atoms with E-state index in [9.17, 15) is 4.79 Å². The zero-order valence-electron chi connectivity index (χ0n) is 8.32. The molecule has 0 unspecified atom stereocenters. The van der Waals surface area contributed by atoms with Crippen molar-refractivity contribution in [3.05, 3.63) is 18.1 Å². The fourth-order valence-electron chi connectivity index (χ4n) is 0.906. The number of carbonyl (C=O) groups excluding carboxylic acids is 1. The van der Waals surface area contributed by atoms with Crippen molar-refractivity contribution < 1.29 is 4.79 Å². The van der Waals surface area contributed by atoms with E-state index in [4.69, 9.17) is 5.73 Å². The molecule has 0 aliphatic heterocycles. The van der Waals surface area contributed by atoms with Crippen molar-refractivity contribution in [1.82, 2.24) is 15.3 Å². The number of nitrogen functional groups attached to an aromatic ring is 1. The molecule has 0 aromatic carbocycles. The molecular weight excluding hydrogens is 180 g/mol. The lowest BCUT2D eigenvalue weighted by Gasteiger charge is -2.07. The Labute approximate surface area is 82.7 Å². The van der Waals surface area contributed by atoms with Gasteiger partial charge in [0.2, 0.25) is 0 Å². The average molecular weight is 194 g/mol. The molecule has 1 heterocycles. The molecule has 0 aliphatic rings. The Balaban J connectivity index is 2.65. The van der Waals surface area contributed by atoms with Crippen molar-refractivity contribution in [2.45, 2.75) is 13.8 Å². The lowest BCUT2D eigenvalue weighted by molar-refractivity contribution is 0.0949. The zero-order chi connectivity index (χ0) is 10.6. The molecule has 0 aliphatic carbocycles. The molecule has 0 fully saturated rings. The SMILES string of the molecule is CC(C)CNC(=O)c1cncnc1N. The first kappa shape index (κ1) is 10.4. The molecule has 3 N–H and O–H groups in total. The van der Waals surface area contributed by atoms with Crippen molar-refractivity contribution in [2.24, 2.45) is 5.92 Å². The Morgan fingerprint density at radius 2 is 2.36 bits per heavy atom. The minimum absolute atomic E-state index is 0.209. The number of nitrogens with two attached hydrogens (primary N) is 1. The van der Waals surface area contributed by atoms with Gasteiger partial charge in [0.05, 0.1) is 5.56 Å². The molecule has 5 heteroatoms. The lowest BCUT2D eigenvalue weighted by atomic mass is 10.2. The van der Waals surface area contributed by atoms with Gasteiger partial charge >= 0.3 is 0 Å². The normalized spacial score (nSPS) is 10.2. The third kappa shape index (κ3) is 2.69. The van der Waals surface area contributed by atoms with E-state index in [0.29, 0.717) is 18.0 Å². The Hall–Kier alpha value is -1.65. The molecule has 0 saturated heterocycles. The number of anilines is 1. The minimum atomic E-state index is -0.225. The van der Waals surface area contributed by atoms with Gasteiger partial charge in [-0.1, -0.05) is 13.8 Å². The molecule has 0 atom stereocenters. The van der Waals surface area contributed by atoms with Gasteiger partial charge in [0.1, 0.15) is 12.1 Å². The van der Waals surface area contributed by atoms with Crippen LogP contribution in [0.3, 0.4) is 0 Å². The number of amides is 1. The number of nitrogens with one attached hydrogen (secondary N) is 1. The zero-order valence-corrected chi connectivity index (χ0v) is 8.32. The second-order valence-corrected chi connectivity index (χ2v) is 3.43. The smallest absolute Gasteiger partial charge is 0.256 e. The molecule has 1 aromatic rings. The van der Waals surface area contributed by atoms with Crippen LogP contribution in [0.2, 0.25) is 0 Å². The van der Waals surface area contributed by atoms with E-state index in [0.717, 1.165) is 0 Å². The third-order valence-corrected chi connectivity index (χ3v) is 1.66. The van der Waals surface area contributed by atoms with E-state index in [1.54, 1.807) is 0 Å². The van der Waals surface area contributed by atoms with Crippen LogP contribution in [0.1, 0.15) is 24.2 Å². The molecule has 0 saturated carbocycles. The summed E-state index contributed by atoms with van der Waals surface area (Å²) in [6.07, 6.45) is 2.73. The first-order chi connectivity index (χ1) is 6.61. The number of aromatic nitrogens is 2. The average Bonchev–Trinajstić information content (AvgIpc) is 2.15. The number of nitrogens with zero attached hydrogens (tertiary/aromatic N) is 2. The molecule has 1 rings (SSSR count). The monoisotopic (exact) mass is 194 g/mol. The Morgan fingerprint density at radius 3 is 2.93 bits per heavy atom. The second-order valence-electron chi connectivity index (χ2n) is 3.43. The molecule has 76 valence electrons. The van der Waals surface area contributed by atoms with Crippen molar-refractivity contribution in [1.29, 1.82) is 0 Å². The van der Waals surface area contributed by atoms with Crippen molar-refractivity contribution in [2.75, 3.05) is 12.3 Å². The van der Waals surface area contributed by atoms with E-state index in [-0.39, 0.29) is 11.7 Å². The summed E-state index contributed by atoms with van der Waals surface area (Å²) in [5.74, 6) is 0.392. The van der Waals surface area contributed by atoms with Crippen LogP contribution in [0.4, 0.5) is 5.82 Å².